The summed E-state index contributed by atoms with van der Waals surface area (Å²) in [6.07, 6.45) is 0. The van der Waals surface area contributed by atoms with Crippen LogP contribution in [-0.4, -0.2) is 33.6 Å². The minimum absolute atomic E-state index is 0.0122. The van der Waals surface area contributed by atoms with Crippen molar-refractivity contribution in [3.05, 3.63) is 91.4 Å². The number of β-lactam (4-membered cyclic amide) rings is 1. The molecule has 32 heavy (non-hydrogen) atoms. The molecular formula is C22H14FN3O5S. The van der Waals surface area contributed by atoms with Gasteiger partial charge in [0.2, 0.25) is 0 Å². The summed E-state index contributed by atoms with van der Waals surface area (Å²) in [5.74, 6) is -2.45. The van der Waals surface area contributed by atoms with E-state index in [0.717, 1.165) is 21.9 Å². The van der Waals surface area contributed by atoms with Gasteiger partial charge in [-0.2, -0.15) is 0 Å². The molecule has 10 heteroatoms. The lowest BCUT2D eigenvalue weighted by molar-refractivity contribution is -0.384. The number of hydrogen-bond acceptors (Lipinski definition) is 6. The van der Waals surface area contributed by atoms with Gasteiger partial charge in [-0.05, 0) is 42.1 Å². The van der Waals surface area contributed by atoms with Gasteiger partial charge in [0.25, 0.3) is 23.4 Å². The van der Waals surface area contributed by atoms with Crippen LogP contribution in [0, 0.1) is 22.9 Å². The van der Waals surface area contributed by atoms with Crippen LogP contribution in [0.15, 0.2) is 53.9 Å². The summed E-state index contributed by atoms with van der Waals surface area (Å²) >= 11 is 1.34. The van der Waals surface area contributed by atoms with Crippen LogP contribution < -0.4 is 4.90 Å². The van der Waals surface area contributed by atoms with Gasteiger partial charge in [0.05, 0.1) is 16.1 Å². The molecule has 1 saturated heterocycles. The van der Waals surface area contributed by atoms with Crippen LogP contribution in [0.4, 0.5) is 15.8 Å². The number of amides is 3. The standard InChI is InChI=1S/C22H14FN3O5S/c1-11-4-5-12(10-16(11)23)24-18(17-3-2-8-32-17)19(22(24)29)25-20(27)14-7-6-13(26(30)31)9-15(14)21(25)28/h2-10,18-19H,1H3/t18-,19+/m0/s1. The molecule has 0 N–H and O–H groups in total. The zero-order valence-electron chi connectivity index (χ0n) is 16.5. The number of carbonyl (C=O) groups is 3. The molecule has 160 valence electrons. The van der Waals surface area contributed by atoms with Crippen molar-refractivity contribution < 1.29 is 23.7 Å². The van der Waals surface area contributed by atoms with Gasteiger partial charge in [-0.3, -0.25) is 34.3 Å². The molecular weight excluding hydrogens is 437 g/mol. The smallest absolute Gasteiger partial charge is 0.270 e. The molecule has 0 saturated carbocycles. The molecule has 8 nitrogen and oxygen atoms in total. The summed E-state index contributed by atoms with van der Waals surface area (Å²) in [5.41, 5.74) is 0.325. The van der Waals surface area contributed by atoms with Crippen molar-refractivity contribution in [3.8, 4) is 0 Å². The largest absolute Gasteiger partial charge is 0.299 e. The molecule has 0 spiro atoms. The maximum atomic E-state index is 14.2. The quantitative estimate of drug-likeness (QED) is 0.260. The summed E-state index contributed by atoms with van der Waals surface area (Å²) in [7, 11) is 0. The average molecular weight is 451 g/mol. The lowest BCUT2D eigenvalue weighted by atomic mass is 9.90. The molecule has 2 atom stereocenters. The van der Waals surface area contributed by atoms with E-state index in [4.69, 9.17) is 0 Å². The Labute approximate surface area is 184 Å². The zero-order chi connectivity index (χ0) is 22.7. The molecule has 0 radical (unpaired) electrons. The number of imide groups is 1. The predicted molar refractivity (Wildman–Crippen MR) is 113 cm³/mol. The van der Waals surface area contributed by atoms with Gasteiger partial charge in [0.1, 0.15) is 17.9 Å². The van der Waals surface area contributed by atoms with E-state index in [1.165, 1.54) is 28.4 Å². The van der Waals surface area contributed by atoms with Gasteiger partial charge in [0, 0.05) is 22.7 Å². The van der Waals surface area contributed by atoms with Gasteiger partial charge in [-0.25, -0.2) is 4.39 Å². The first-order valence-corrected chi connectivity index (χ1v) is 10.5. The highest BCUT2D eigenvalue weighted by Gasteiger charge is 2.57. The molecule has 2 aliphatic rings. The molecule has 5 rings (SSSR count). The number of non-ortho nitro benzene ring substituents is 1. The number of benzene rings is 2. The fourth-order valence-electron chi connectivity index (χ4n) is 4.10. The summed E-state index contributed by atoms with van der Waals surface area (Å²) in [6.45, 7) is 1.61. The lowest BCUT2D eigenvalue weighted by Crippen LogP contribution is -2.67. The first kappa shape index (κ1) is 20.0. The minimum atomic E-state index is -1.13. The second kappa shape index (κ2) is 7.06. The first-order valence-electron chi connectivity index (χ1n) is 9.58. The molecule has 2 aromatic carbocycles. The number of nitro groups is 1. The van der Waals surface area contributed by atoms with Gasteiger partial charge in [-0.15, -0.1) is 11.3 Å². The van der Waals surface area contributed by atoms with Crippen LogP contribution in [0.25, 0.3) is 0 Å². The number of halogens is 1. The fraction of sp³-hybridized carbons (Fsp3) is 0.136. The predicted octanol–water partition coefficient (Wildman–Crippen LogP) is 3.86. The van der Waals surface area contributed by atoms with Crippen molar-refractivity contribution >= 4 is 40.4 Å². The summed E-state index contributed by atoms with van der Waals surface area (Å²) in [4.78, 5) is 52.7. The molecule has 2 aliphatic heterocycles. The number of carbonyl (C=O) groups excluding carboxylic acids is 3. The molecule has 3 amide bonds. The molecule has 0 bridgehead atoms. The Kier molecular flexibility index (Phi) is 4.41. The van der Waals surface area contributed by atoms with Crippen molar-refractivity contribution in [3.63, 3.8) is 0 Å². The monoisotopic (exact) mass is 451 g/mol. The number of hydrogen-bond donors (Lipinski definition) is 0. The summed E-state index contributed by atoms with van der Waals surface area (Å²) < 4.78 is 14.2. The van der Waals surface area contributed by atoms with E-state index in [2.05, 4.69) is 0 Å². The van der Waals surface area contributed by atoms with E-state index in [1.807, 2.05) is 0 Å². The first-order chi connectivity index (χ1) is 15.3. The van der Waals surface area contributed by atoms with Gasteiger partial charge < -0.3 is 0 Å². The van der Waals surface area contributed by atoms with E-state index in [9.17, 15) is 28.9 Å². The second-order valence-electron chi connectivity index (χ2n) is 7.51. The van der Waals surface area contributed by atoms with Crippen LogP contribution in [0.1, 0.15) is 37.2 Å². The van der Waals surface area contributed by atoms with Crippen LogP contribution >= 0.6 is 11.3 Å². The Morgan fingerprint density at radius 2 is 1.72 bits per heavy atom. The van der Waals surface area contributed by atoms with Crippen LogP contribution in [0.2, 0.25) is 0 Å². The molecule has 0 aliphatic carbocycles. The lowest BCUT2D eigenvalue weighted by Gasteiger charge is -2.49. The van der Waals surface area contributed by atoms with Crippen LogP contribution in [0.5, 0.6) is 0 Å². The number of aryl methyl sites for hydroxylation is 1. The Bertz CT molecular complexity index is 1320. The fourth-order valence-corrected chi connectivity index (χ4v) is 4.95. The summed E-state index contributed by atoms with van der Waals surface area (Å²) in [6, 6.07) is 9.55. The third-order valence-electron chi connectivity index (χ3n) is 5.73. The van der Waals surface area contributed by atoms with Gasteiger partial charge in [0.15, 0.2) is 0 Å². The van der Waals surface area contributed by atoms with Crippen molar-refractivity contribution in [1.82, 2.24) is 4.90 Å². The van der Waals surface area contributed by atoms with E-state index in [0.29, 0.717) is 11.3 Å². The van der Waals surface area contributed by atoms with Crippen LogP contribution in [0.3, 0.4) is 0 Å². The van der Waals surface area contributed by atoms with Crippen molar-refractivity contribution in [2.75, 3.05) is 4.90 Å². The van der Waals surface area contributed by atoms with Crippen molar-refractivity contribution in [1.29, 1.82) is 0 Å². The highest BCUT2D eigenvalue weighted by Crippen LogP contribution is 2.45. The van der Waals surface area contributed by atoms with Crippen molar-refractivity contribution in [2.45, 2.75) is 19.0 Å². The number of nitro benzene ring substituents is 1. The van der Waals surface area contributed by atoms with Gasteiger partial charge >= 0.3 is 0 Å². The molecule has 1 aromatic heterocycles. The number of fused-ring (bicyclic) bond motifs is 1. The normalized spacial score (nSPS) is 19.9. The molecule has 3 aromatic rings. The highest BCUT2D eigenvalue weighted by molar-refractivity contribution is 7.10. The van der Waals surface area contributed by atoms with E-state index >= 15 is 0 Å². The summed E-state index contributed by atoms with van der Waals surface area (Å²) in [5, 5.41) is 12.9. The maximum absolute atomic E-state index is 14.2. The van der Waals surface area contributed by atoms with Crippen LogP contribution in [-0.2, 0) is 4.79 Å². The minimum Gasteiger partial charge on any atom is -0.299 e. The van der Waals surface area contributed by atoms with E-state index in [1.54, 1.807) is 36.6 Å². The second-order valence-corrected chi connectivity index (χ2v) is 8.49. The molecule has 0 unspecified atom stereocenters. The highest BCUT2D eigenvalue weighted by atomic mass is 32.1. The third-order valence-corrected chi connectivity index (χ3v) is 6.67. The van der Waals surface area contributed by atoms with Crippen molar-refractivity contribution in [2.24, 2.45) is 0 Å². The SMILES string of the molecule is Cc1ccc(N2C(=O)[C@H](N3C(=O)c4ccc([N+](=O)[O-])cc4C3=O)[C@@H]2c2cccs2)cc1F. The number of thiophene rings is 1. The number of nitrogens with zero attached hydrogens (tertiary/aromatic N) is 3. The number of rotatable bonds is 4. The Hall–Kier alpha value is -3.92. The average Bonchev–Trinajstić information content (AvgIpc) is 3.37. The Balaban J connectivity index is 1.56. The number of anilines is 1. The third kappa shape index (κ3) is 2.76. The van der Waals surface area contributed by atoms with E-state index in [-0.39, 0.29) is 16.8 Å². The topological polar surface area (TPSA) is 101 Å². The molecule has 3 heterocycles. The maximum Gasteiger partial charge on any atom is 0.270 e. The van der Waals surface area contributed by atoms with Gasteiger partial charge in [-0.1, -0.05) is 12.1 Å². The Morgan fingerprint density at radius 3 is 2.38 bits per heavy atom. The Morgan fingerprint density at radius 1 is 0.969 bits per heavy atom. The molecule has 1 fully saturated rings. The zero-order valence-corrected chi connectivity index (χ0v) is 17.3. The van der Waals surface area contributed by atoms with E-state index < -0.39 is 40.5 Å².